The molecule has 1 aromatic heterocycles. The number of alkyl halides is 3. The smallest absolute Gasteiger partial charge is 0.393 e. The predicted molar refractivity (Wildman–Crippen MR) is 108 cm³/mol. The lowest BCUT2D eigenvalue weighted by molar-refractivity contribution is -0.137. The molecule has 0 spiro atoms. The van der Waals surface area contributed by atoms with Crippen molar-refractivity contribution in [2.75, 3.05) is 0 Å². The number of rotatable bonds is 5. The van der Waals surface area contributed by atoms with Crippen LogP contribution >= 0.6 is 0 Å². The molecule has 3 aromatic rings. The maximum absolute atomic E-state index is 13.7. The van der Waals surface area contributed by atoms with E-state index in [1.807, 2.05) is 9.45 Å². The molecule has 0 aliphatic carbocycles. The SMILES string of the molecule is Cc1c(ONS(=O)(=O)c2ccccc2)ccc(C(F)(F)F)c1-c1cn2c(n1)CCCC2. The first-order chi connectivity index (χ1) is 14.7. The Hall–Kier alpha value is -2.85. The summed E-state index contributed by atoms with van der Waals surface area (Å²) in [5.74, 6) is 0.707. The molecule has 0 saturated carbocycles. The van der Waals surface area contributed by atoms with Gasteiger partial charge < -0.3 is 9.40 Å². The zero-order valence-electron chi connectivity index (χ0n) is 16.6. The van der Waals surface area contributed by atoms with Gasteiger partial charge in [0.25, 0.3) is 10.0 Å². The first-order valence-corrected chi connectivity index (χ1v) is 11.2. The Morgan fingerprint density at radius 1 is 1.10 bits per heavy atom. The number of hydrogen-bond donors (Lipinski definition) is 1. The molecule has 0 fully saturated rings. The summed E-state index contributed by atoms with van der Waals surface area (Å²) in [5.41, 5.74) is -0.636. The normalized spacial score (nSPS) is 14.3. The molecule has 31 heavy (non-hydrogen) atoms. The van der Waals surface area contributed by atoms with Gasteiger partial charge in [-0.15, -0.1) is 0 Å². The Morgan fingerprint density at radius 2 is 1.84 bits per heavy atom. The molecule has 2 heterocycles. The van der Waals surface area contributed by atoms with Crippen molar-refractivity contribution in [3.05, 3.63) is 65.6 Å². The fraction of sp³-hybridized carbons (Fsp3) is 0.286. The van der Waals surface area contributed by atoms with Crippen molar-refractivity contribution in [2.45, 2.75) is 43.8 Å². The fourth-order valence-electron chi connectivity index (χ4n) is 3.65. The largest absolute Gasteiger partial charge is 0.417 e. The first-order valence-electron chi connectivity index (χ1n) is 9.68. The lowest BCUT2D eigenvalue weighted by Crippen LogP contribution is -2.27. The van der Waals surface area contributed by atoms with Crippen LogP contribution in [0.15, 0.2) is 53.6 Å². The second-order valence-corrected chi connectivity index (χ2v) is 8.95. The van der Waals surface area contributed by atoms with Crippen LogP contribution in [0.3, 0.4) is 0 Å². The van der Waals surface area contributed by atoms with Crippen molar-refractivity contribution >= 4 is 10.0 Å². The number of aryl methyl sites for hydroxylation is 2. The molecule has 0 atom stereocenters. The molecule has 0 saturated heterocycles. The zero-order valence-corrected chi connectivity index (χ0v) is 17.4. The van der Waals surface area contributed by atoms with Crippen LogP contribution in [0.1, 0.15) is 29.8 Å². The molecule has 10 heteroatoms. The molecule has 1 aliphatic rings. The number of aromatic nitrogens is 2. The number of halogens is 3. The van der Waals surface area contributed by atoms with E-state index in [-0.39, 0.29) is 27.5 Å². The zero-order chi connectivity index (χ0) is 22.2. The molecule has 4 rings (SSSR count). The molecule has 0 unspecified atom stereocenters. The Labute approximate surface area is 177 Å². The Morgan fingerprint density at radius 3 is 2.52 bits per heavy atom. The minimum atomic E-state index is -4.60. The van der Waals surface area contributed by atoms with Gasteiger partial charge in [-0.1, -0.05) is 18.2 Å². The monoisotopic (exact) mass is 451 g/mol. The minimum absolute atomic E-state index is 0.0263. The summed E-state index contributed by atoms with van der Waals surface area (Å²) in [6.45, 7) is 2.16. The van der Waals surface area contributed by atoms with Crippen molar-refractivity contribution < 1.29 is 26.4 Å². The van der Waals surface area contributed by atoms with E-state index in [1.165, 1.54) is 19.1 Å². The molecule has 1 aliphatic heterocycles. The molecule has 0 bridgehead atoms. The van der Waals surface area contributed by atoms with Gasteiger partial charge in [-0.3, -0.25) is 0 Å². The van der Waals surface area contributed by atoms with Crippen molar-refractivity contribution in [3.63, 3.8) is 0 Å². The highest BCUT2D eigenvalue weighted by atomic mass is 32.2. The number of nitrogens with zero attached hydrogens (tertiary/aromatic N) is 2. The number of benzene rings is 2. The maximum Gasteiger partial charge on any atom is 0.417 e. The summed E-state index contributed by atoms with van der Waals surface area (Å²) in [7, 11) is -4.01. The van der Waals surface area contributed by atoms with E-state index in [0.29, 0.717) is 13.0 Å². The molecular weight excluding hydrogens is 431 g/mol. The van der Waals surface area contributed by atoms with E-state index < -0.39 is 21.8 Å². The standard InChI is InChI=1S/C21H20F3N3O3S/c1-14-18(30-26-31(28,29)15-7-3-2-4-8-15)11-10-16(21(22,23)24)20(14)17-13-27-12-6-5-9-19(27)25-17/h2-4,7-8,10-11,13,26H,5-6,9,12H2,1H3. The Bertz CT molecular complexity index is 1180. The van der Waals surface area contributed by atoms with Gasteiger partial charge in [0.15, 0.2) is 5.75 Å². The molecule has 164 valence electrons. The number of sulfonamides is 1. The van der Waals surface area contributed by atoms with E-state index in [1.54, 1.807) is 24.4 Å². The summed E-state index contributed by atoms with van der Waals surface area (Å²) in [6.07, 6.45) is -0.409. The summed E-state index contributed by atoms with van der Waals surface area (Å²) >= 11 is 0. The number of imidazole rings is 1. The van der Waals surface area contributed by atoms with Crippen LogP contribution in [0.2, 0.25) is 0 Å². The molecule has 1 N–H and O–H groups in total. The summed E-state index contributed by atoms with van der Waals surface area (Å²) < 4.78 is 67.9. The van der Waals surface area contributed by atoms with Crippen molar-refractivity contribution in [3.8, 4) is 17.0 Å². The average Bonchev–Trinajstić information content (AvgIpc) is 3.16. The van der Waals surface area contributed by atoms with Crippen molar-refractivity contribution in [2.24, 2.45) is 0 Å². The second-order valence-electron chi connectivity index (χ2n) is 7.30. The topological polar surface area (TPSA) is 73.2 Å². The van der Waals surface area contributed by atoms with Gasteiger partial charge in [0.2, 0.25) is 0 Å². The summed E-state index contributed by atoms with van der Waals surface area (Å²) in [5, 5.41) is 0. The minimum Gasteiger partial charge on any atom is -0.393 e. The van der Waals surface area contributed by atoms with E-state index in [0.717, 1.165) is 30.8 Å². The van der Waals surface area contributed by atoms with E-state index in [2.05, 4.69) is 4.98 Å². The highest BCUT2D eigenvalue weighted by molar-refractivity contribution is 7.89. The van der Waals surface area contributed by atoms with E-state index >= 15 is 0 Å². The van der Waals surface area contributed by atoms with Crippen LogP contribution in [0, 0.1) is 6.92 Å². The third-order valence-corrected chi connectivity index (χ3v) is 6.40. The van der Waals surface area contributed by atoms with Gasteiger partial charge in [-0.2, -0.15) is 13.2 Å². The lowest BCUT2D eigenvalue weighted by Gasteiger charge is -2.17. The lowest BCUT2D eigenvalue weighted by atomic mass is 9.98. The molecule has 2 aromatic carbocycles. The van der Waals surface area contributed by atoms with Crippen LogP contribution in [-0.4, -0.2) is 18.0 Å². The number of fused-ring (bicyclic) bond motifs is 1. The van der Waals surface area contributed by atoms with Gasteiger partial charge in [0, 0.05) is 30.3 Å². The quantitative estimate of drug-likeness (QED) is 0.581. The van der Waals surface area contributed by atoms with Crippen molar-refractivity contribution in [1.29, 1.82) is 0 Å². The molecule has 0 amide bonds. The fourth-order valence-corrected chi connectivity index (χ4v) is 4.46. The number of nitrogens with one attached hydrogen (secondary N) is 1. The van der Waals surface area contributed by atoms with E-state index in [4.69, 9.17) is 4.84 Å². The van der Waals surface area contributed by atoms with Gasteiger partial charge >= 0.3 is 6.18 Å². The first kappa shape index (κ1) is 21.4. The highest BCUT2D eigenvalue weighted by Crippen LogP contribution is 2.41. The van der Waals surface area contributed by atoms with Gasteiger partial charge in [-0.05, 0) is 48.9 Å². The highest BCUT2D eigenvalue weighted by Gasteiger charge is 2.36. The average molecular weight is 451 g/mol. The van der Waals surface area contributed by atoms with Crippen LogP contribution in [0.4, 0.5) is 13.2 Å². The van der Waals surface area contributed by atoms with Gasteiger partial charge in [0.1, 0.15) is 5.82 Å². The molecular formula is C21H20F3N3O3S. The predicted octanol–water partition coefficient (Wildman–Crippen LogP) is 4.49. The van der Waals surface area contributed by atoms with Gasteiger partial charge in [0.05, 0.1) is 16.2 Å². The Balaban J connectivity index is 1.72. The Kier molecular flexibility index (Phi) is 5.52. The third-order valence-electron chi connectivity index (χ3n) is 5.20. The van der Waals surface area contributed by atoms with Gasteiger partial charge in [-0.25, -0.2) is 13.4 Å². The second kappa shape index (κ2) is 8.01. The summed E-state index contributed by atoms with van der Waals surface area (Å²) in [6, 6.07) is 9.51. The molecule has 6 nitrogen and oxygen atoms in total. The maximum atomic E-state index is 13.7. The summed E-state index contributed by atoms with van der Waals surface area (Å²) in [4.78, 5) is 11.6. The van der Waals surface area contributed by atoms with E-state index in [9.17, 15) is 21.6 Å². The van der Waals surface area contributed by atoms with Crippen LogP contribution in [-0.2, 0) is 29.2 Å². The van der Waals surface area contributed by atoms with Crippen LogP contribution in [0.5, 0.6) is 5.75 Å². The third kappa shape index (κ3) is 4.31. The number of hydrogen-bond acceptors (Lipinski definition) is 4. The van der Waals surface area contributed by atoms with Crippen molar-refractivity contribution in [1.82, 2.24) is 14.4 Å². The van der Waals surface area contributed by atoms with Crippen LogP contribution < -0.4 is 9.72 Å². The van der Waals surface area contributed by atoms with Crippen LogP contribution in [0.25, 0.3) is 11.3 Å². The molecule has 0 radical (unpaired) electrons.